The predicted octanol–water partition coefficient (Wildman–Crippen LogP) is 2.42. The summed E-state index contributed by atoms with van der Waals surface area (Å²) < 4.78 is 2.67. The molecule has 0 atom stereocenters. The quantitative estimate of drug-likeness (QED) is 0.701. The molecule has 0 saturated carbocycles. The van der Waals surface area contributed by atoms with E-state index in [0.29, 0.717) is 6.54 Å². The van der Waals surface area contributed by atoms with Gasteiger partial charge in [-0.1, -0.05) is 12.6 Å². The van der Waals surface area contributed by atoms with Crippen LogP contribution in [0.5, 0.6) is 0 Å². The van der Waals surface area contributed by atoms with E-state index >= 15 is 0 Å². The topological polar surface area (TPSA) is 70.4 Å². The number of fused-ring (bicyclic) bond motifs is 1. The summed E-state index contributed by atoms with van der Waals surface area (Å²) in [6.07, 6.45) is 5.39. The van der Waals surface area contributed by atoms with Crippen molar-refractivity contribution in [3.05, 3.63) is 59.1 Å². The van der Waals surface area contributed by atoms with Gasteiger partial charge in [0.1, 0.15) is 11.6 Å². The number of anilines is 2. The number of nitrogens with one attached hydrogen (secondary N) is 2. The molecule has 0 amide bonds. The summed E-state index contributed by atoms with van der Waals surface area (Å²) in [6, 6.07) is 6.00. The molecule has 7 nitrogen and oxygen atoms in total. The highest BCUT2D eigenvalue weighted by atomic mass is 79.9. The van der Waals surface area contributed by atoms with Crippen molar-refractivity contribution in [1.82, 2.24) is 24.9 Å². The Morgan fingerprint density at radius 1 is 1.36 bits per heavy atom. The van der Waals surface area contributed by atoms with Gasteiger partial charge in [-0.2, -0.15) is 9.61 Å². The minimum Gasteiger partial charge on any atom is -0.386 e. The Kier molecular flexibility index (Phi) is 4.27. The van der Waals surface area contributed by atoms with Crippen molar-refractivity contribution in [2.24, 2.45) is 0 Å². The standard InChI is InChI=1S/C17H18BrN7/c1-12-11-24(6-5-20-12)16-7-15(21-9-13-3-2-4-19-8-13)25-17(23-16)14(18)10-22-25/h2-4,7-8,10,20-21H,1,5-6,9,11H2. The van der Waals surface area contributed by atoms with E-state index in [1.54, 1.807) is 16.9 Å². The maximum atomic E-state index is 4.77. The average Bonchev–Trinajstić information content (AvgIpc) is 3.02. The molecule has 0 bridgehead atoms. The minimum atomic E-state index is 0.665. The van der Waals surface area contributed by atoms with Gasteiger partial charge in [-0.15, -0.1) is 0 Å². The molecule has 0 radical (unpaired) electrons. The molecular weight excluding hydrogens is 382 g/mol. The predicted molar refractivity (Wildman–Crippen MR) is 102 cm³/mol. The third-order valence-corrected chi connectivity index (χ3v) is 4.63. The normalized spacial score (nSPS) is 14.6. The first kappa shape index (κ1) is 15.9. The minimum absolute atomic E-state index is 0.665. The van der Waals surface area contributed by atoms with Crippen LogP contribution >= 0.6 is 15.9 Å². The number of hydrogen-bond acceptors (Lipinski definition) is 6. The molecule has 4 rings (SSSR count). The number of pyridine rings is 1. The van der Waals surface area contributed by atoms with E-state index in [-0.39, 0.29) is 0 Å². The Labute approximate surface area is 153 Å². The molecule has 25 heavy (non-hydrogen) atoms. The van der Waals surface area contributed by atoms with E-state index in [1.165, 1.54) is 0 Å². The zero-order valence-electron chi connectivity index (χ0n) is 13.6. The number of halogens is 1. The van der Waals surface area contributed by atoms with E-state index in [0.717, 1.165) is 52.7 Å². The van der Waals surface area contributed by atoms with Crippen LogP contribution in [-0.4, -0.2) is 39.2 Å². The summed E-state index contributed by atoms with van der Waals surface area (Å²) in [6.45, 7) is 7.19. The maximum Gasteiger partial charge on any atom is 0.173 e. The van der Waals surface area contributed by atoms with E-state index in [2.05, 4.69) is 48.1 Å². The highest BCUT2D eigenvalue weighted by molar-refractivity contribution is 9.10. The lowest BCUT2D eigenvalue weighted by Crippen LogP contribution is -2.42. The van der Waals surface area contributed by atoms with Crippen LogP contribution in [0.1, 0.15) is 5.56 Å². The lowest BCUT2D eigenvalue weighted by atomic mass is 10.3. The van der Waals surface area contributed by atoms with Crippen LogP contribution in [0, 0.1) is 0 Å². The van der Waals surface area contributed by atoms with Gasteiger partial charge < -0.3 is 15.5 Å². The van der Waals surface area contributed by atoms with Crippen LogP contribution in [-0.2, 0) is 6.54 Å². The first-order valence-electron chi connectivity index (χ1n) is 8.04. The Morgan fingerprint density at radius 2 is 2.28 bits per heavy atom. The van der Waals surface area contributed by atoms with Gasteiger partial charge in [0.05, 0.1) is 17.2 Å². The molecular formula is C17H18BrN7. The Hall–Kier alpha value is -2.61. The molecule has 128 valence electrons. The molecule has 1 aliphatic rings. The maximum absolute atomic E-state index is 4.77. The fourth-order valence-corrected chi connectivity index (χ4v) is 3.18. The first-order chi connectivity index (χ1) is 12.2. The van der Waals surface area contributed by atoms with Crippen molar-refractivity contribution in [1.29, 1.82) is 0 Å². The van der Waals surface area contributed by atoms with Crippen LogP contribution in [0.15, 0.2) is 53.5 Å². The zero-order valence-corrected chi connectivity index (χ0v) is 15.2. The third kappa shape index (κ3) is 3.30. The molecule has 3 aromatic heterocycles. The number of rotatable bonds is 4. The van der Waals surface area contributed by atoms with Gasteiger partial charge in [0.2, 0.25) is 0 Å². The SMILES string of the molecule is C=C1CN(c2cc(NCc3cccnc3)n3ncc(Br)c3n2)CCN1. The van der Waals surface area contributed by atoms with Gasteiger partial charge in [-0.3, -0.25) is 4.98 Å². The Balaban J connectivity index is 1.68. The summed E-state index contributed by atoms with van der Waals surface area (Å²) in [5.74, 6) is 1.80. The lowest BCUT2D eigenvalue weighted by Gasteiger charge is -2.30. The molecule has 1 fully saturated rings. The van der Waals surface area contributed by atoms with Crippen molar-refractivity contribution in [2.75, 3.05) is 29.9 Å². The summed E-state index contributed by atoms with van der Waals surface area (Å²) >= 11 is 3.54. The summed E-state index contributed by atoms with van der Waals surface area (Å²) in [5, 5.41) is 11.1. The highest BCUT2D eigenvalue weighted by Crippen LogP contribution is 2.25. The van der Waals surface area contributed by atoms with Crippen molar-refractivity contribution < 1.29 is 0 Å². The van der Waals surface area contributed by atoms with E-state index < -0.39 is 0 Å². The molecule has 3 aromatic rings. The Bertz CT molecular complexity index is 906. The van der Waals surface area contributed by atoms with Gasteiger partial charge in [-0.05, 0) is 27.6 Å². The fraction of sp³-hybridized carbons (Fsp3) is 0.235. The molecule has 8 heteroatoms. The average molecular weight is 400 g/mol. The molecule has 0 aliphatic carbocycles. The van der Waals surface area contributed by atoms with Gasteiger partial charge in [0.15, 0.2) is 5.65 Å². The summed E-state index contributed by atoms with van der Waals surface area (Å²) in [5.41, 5.74) is 2.90. The van der Waals surface area contributed by atoms with Crippen LogP contribution < -0.4 is 15.5 Å². The smallest absolute Gasteiger partial charge is 0.173 e. The molecule has 4 heterocycles. The van der Waals surface area contributed by atoms with Crippen LogP contribution in [0.4, 0.5) is 11.6 Å². The van der Waals surface area contributed by atoms with Crippen molar-refractivity contribution >= 4 is 33.2 Å². The van der Waals surface area contributed by atoms with E-state index in [1.807, 2.05) is 24.4 Å². The van der Waals surface area contributed by atoms with Crippen molar-refractivity contribution in [3.63, 3.8) is 0 Å². The number of hydrogen-bond donors (Lipinski definition) is 2. The largest absolute Gasteiger partial charge is 0.386 e. The number of nitrogens with zero attached hydrogens (tertiary/aromatic N) is 5. The monoisotopic (exact) mass is 399 g/mol. The molecule has 1 aliphatic heterocycles. The van der Waals surface area contributed by atoms with Gasteiger partial charge in [0.25, 0.3) is 0 Å². The number of aromatic nitrogens is 4. The van der Waals surface area contributed by atoms with E-state index in [4.69, 9.17) is 4.98 Å². The second-order valence-corrected chi connectivity index (χ2v) is 6.75. The van der Waals surface area contributed by atoms with E-state index in [9.17, 15) is 0 Å². The molecule has 1 saturated heterocycles. The van der Waals surface area contributed by atoms with Crippen LogP contribution in [0.25, 0.3) is 5.65 Å². The van der Waals surface area contributed by atoms with Crippen molar-refractivity contribution in [3.8, 4) is 0 Å². The summed E-state index contributed by atoms with van der Waals surface area (Å²) in [7, 11) is 0. The third-order valence-electron chi connectivity index (χ3n) is 4.07. The van der Waals surface area contributed by atoms with Gasteiger partial charge in [0, 0.05) is 43.8 Å². The molecule has 0 aromatic carbocycles. The van der Waals surface area contributed by atoms with Gasteiger partial charge >= 0.3 is 0 Å². The molecule has 0 spiro atoms. The fourth-order valence-electron chi connectivity index (χ4n) is 2.84. The lowest BCUT2D eigenvalue weighted by molar-refractivity contribution is 0.656. The second-order valence-electron chi connectivity index (χ2n) is 5.89. The second kappa shape index (κ2) is 6.72. The highest BCUT2D eigenvalue weighted by Gasteiger charge is 2.18. The van der Waals surface area contributed by atoms with Crippen LogP contribution in [0.3, 0.4) is 0 Å². The van der Waals surface area contributed by atoms with Gasteiger partial charge in [-0.25, -0.2) is 4.98 Å². The van der Waals surface area contributed by atoms with Crippen molar-refractivity contribution in [2.45, 2.75) is 6.54 Å². The summed E-state index contributed by atoms with van der Waals surface area (Å²) in [4.78, 5) is 11.1. The molecule has 2 N–H and O–H groups in total. The number of piperazine rings is 1. The first-order valence-corrected chi connectivity index (χ1v) is 8.83. The molecule has 0 unspecified atom stereocenters. The Morgan fingerprint density at radius 3 is 3.08 bits per heavy atom. The zero-order chi connectivity index (χ0) is 17.2. The van der Waals surface area contributed by atoms with Crippen LogP contribution in [0.2, 0.25) is 0 Å².